The van der Waals surface area contributed by atoms with Crippen LogP contribution in [0.15, 0.2) is 6.07 Å². The zero-order chi connectivity index (χ0) is 11.7. The maximum Gasteiger partial charge on any atom is 0.103 e. The third-order valence-corrected chi connectivity index (χ3v) is 3.27. The van der Waals surface area contributed by atoms with Crippen molar-refractivity contribution in [1.29, 1.82) is 5.26 Å². The molecule has 3 heteroatoms. The van der Waals surface area contributed by atoms with E-state index in [4.69, 9.17) is 5.26 Å². The number of nitrogens with one attached hydrogen (secondary N) is 1. The van der Waals surface area contributed by atoms with Crippen molar-refractivity contribution in [2.75, 3.05) is 11.9 Å². The Morgan fingerprint density at radius 2 is 2.25 bits per heavy atom. The lowest BCUT2D eigenvalue weighted by atomic mass is 10.1. The Bertz CT molecular complexity index is 445. The molecule has 0 aromatic carbocycles. The van der Waals surface area contributed by atoms with E-state index in [1.54, 1.807) is 0 Å². The van der Waals surface area contributed by atoms with E-state index in [1.165, 1.54) is 6.42 Å². The van der Waals surface area contributed by atoms with Crippen LogP contribution >= 0.6 is 0 Å². The zero-order valence-electron chi connectivity index (χ0n) is 10.0. The Morgan fingerprint density at radius 3 is 2.81 bits per heavy atom. The van der Waals surface area contributed by atoms with Crippen LogP contribution in [0.5, 0.6) is 0 Å². The van der Waals surface area contributed by atoms with E-state index in [-0.39, 0.29) is 0 Å². The summed E-state index contributed by atoms with van der Waals surface area (Å²) in [5, 5.41) is 12.5. The Morgan fingerprint density at radius 1 is 1.56 bits per heavy atom. The summed E-state index contributed by atoms with van der Waals surface area (Å²) in [4.78, 5) is 4.30. The average molecular weight is 215 g/mol. The molecule has 3 nitrogen and oxygen atoms in total. The van der Waals surface area contributed by atoms with Gasteiger partial charge in [-0.15, -0.1) is 0 Å². The second-order valence-electron chi connectivity index (χ2n) is 4.74. The molecule has 1 N–H and O–H groups in total. The number of aromatic nitrogens is 1. The maximum atomic E-state index is 9.09. The summed E-state index contributed by atoms with van der Waals surface area (Å²) in [6.07, 6.45) is 1.30. The molecule has 2 unspecified atom stereocenters. The molecule has 0 bridgehead atoms. The Labute approximate surface area is 96.5 Å². The Hall–Kier alpha value is -1.56. The molecule has 1 fully saturated rings. The zero-order valence-corrected chi connectivity index (χ0v) is 10.0. The average Bonchev–Trinajstić information content (AvgIpc) is 2.91. The van der Waals surface area contributed by atoms with Crippen molar-refractivity contribution in [1.82, 2.24) is 4.98 Å². The molecular weight excluding hydrogens is 198 g/mol. The van der Waals surface area contributed by atoms with Crippen molar-refractivity contribution in [2.24, 2.45) is 11.8 Å². The van der Waals surface area contributed by atoms with Crippen LogP contribution in [0, 0.1) is 37.0 Å². The third kappa shape index (κ3) is 2.16. The lowest BCUT2D eigenvalue weighted by Gasteiger charge is -2.10. The van der Waals surface area contributed by atoms with Gasteiger partial charge in [0, 0.05) is 12.2 Å². The molecule has 2 atom stereocenters. The largest absolute Gasteiger partial charge is 0.384 e. The van der Waals surface area contributed by atoms with Crippen molar-refractivity contribution < 1.29 is 0 Å². The summed E-state index contributed by atoms with van der Waals surface area (Å²) in [5.41, 5.74) is 3.39. The first-order valence-electron chi connectivity index (χ1n) is 5.74. The van der Waals surface area contributed by atoms with Gasteiger partial charge < -0.3 is 5.32 Å². The number of anilines is 1. The standard InChI is InChI=1S/C13H17N3/c1-8-4-11(8)7-15-13-5-9(2)16-10(3)12(13)6-14/h5,8,11H,4,7H2,1-3H3,(H,15,16). The highest BCUT2D eigenvalue weighted by atomic mass is 14.9. The normalized spacial score (nSPS) is 22.6. The van der Waals surface area contributed by atoms with E-state index in [2.05, 4.69) is 23.3 Å². The molecule has 16 heavy (non-hydrogen) atoms. The van der Waals surface area contributed by atoms with Crippen molar-refractivity contribution in [3.05, 3.63) is 23.0 Å². The van der Waals surface area contributed by atoms with Crippen LogP contribution in [-0.2, 0) is 0 Å². The second kappa shape index (κ2) is 4.13. The fourth-order valence-electron chi connectivity index (χ4n) is 2.03. The summed E-state index contributed by atoms with van der Waals surface area (Å²) in [6.45, 7) is 7.08. The first-order chi connectivity index (χ1) is 7.61. The van der Waals surface area contributed by atoms with Gasteiger partial charge in [-0.3, -0.25) is 4.98 Å². The van der Waals surface area contributed by atoms with E-state index in [0.717, 1.165) is 35.5 Å². The van der Waals surface area contributed by atoms with E-state index in [1.807, 2.05) is 19.9 Å². The smallest absolute Gasteiger partial charge is 0.103 e. The molecule has 2 rings (SSSR count). The van der Waals surface area contributed by atoms with Gasteiger partial charge in [0.25, 0.3) is 0 Å². The van der Waals surface area contributed by atoms with Crippen LogP contribution in [0.3, 0.4) is 0 Å². The Kier molecular flexibility index (Phi) is 2.82. The molecule has 0 amide bonds. The fraction of sp³-hybridized carbons (Fsp3) is 0.538. The van der Waals surface area contributed by atoms with E-state index >= 15 is 0 Å². The van der Waals surface area contributed by atoms with Crippen molar-refractivity contribution in [3.63, 3.8) is 0 Å². The third-order valence-electron chi connectivity index (χ3n) is 3.27. The van der Waals surface area contributed by atoms with Gasteiger partial charge in [-0.1, -0.05) is 6.92 Å². The van der Waals surface area contributed by atoms with Crippen LogP contribution in [0.25, 0.3) is 0 Å². The first-order valence-corrected chi connectivity index (χ1v) is 5.74. The summed E-state index contributed by atoms with van der Waals surface area (Å²) in [5.74, 6) is 1.61. The first kappa shape index (κ1) is 10.9. The number of rotatable bonds is 3. The van der Waals surface area contributed by atoms with Gasteiger partial charge in [-0.2, -0.15) is 5.26 Å². The summed E-state index contributed by atoms with van der Waals surface area (Å²) >= 11 is 0. The van der Waals surface area contributed by atoms with Crippen LogP contribution in [0.2, 0.25) is 0 Å². The van der Waals surface area contributed by atoms with Crippen molar-refractivity contribution in [2.45, 2.75) is 27.2 Å². The molecule has 1 aliphatic rings. The minimum Gasteiger partial charge on any atom is -0.384 e. The topological polar surface area (TPSA) is 48.7 Å². The number of pyridine rings is 1. The summed E-state index contributed by atoms with van der Waals surface area (Å²) in [6, 6.07) is 4.18. The lowest BCUT2D eigenvalue weighted by molar-refractivity contribution is 0.786. The quantitative estimate of drug-likeness (QED) is 0.843. The van der Waals surface area contributed by atoms with Gasteiger partial charge in [-0.25, -0.2) is 0 Å². The number of hydrogen-bond acceptors (Lipinski definition) is 3. The molecule has 1 aromatic rings. The lowest BCUT2D eigenvalue weighted by Crippen LogP contribution is -2.08. The van der Waals surface area contributed by atoms with Gasteiger partial charge in [0.15, 0.2) is 0 Å². The monoisotopic (exact) mass is 215 g/mol. The van der Waals surface area contributed by atoms with Gasteiger partial charge in [-0.05, 0) is 38.2 Å². The molecule has 0 spiro atoms. The minimum atomic E-state index is 0.680. The van der Waals surface area contributed by atoms with Crippen molar-refractivity contribution in [3.8, 4) is 6.07 Å². The molecule has 1 heterocycles. The van der Waals surface area contributed by atoms with Gasteiger partial charge in [0.1, 0.15) is 6.07 Å². The molecule has 0 radical (unpaired) electrons. The van der Waals surface area contributed by atoms with Crippen LogP contribution in [-0.4, -0.2) is 11.5 Å². The molecule has 1 aliphatic carbocycles. The highest BCUT2D eigenvalue weighted by Gasteiger charge is 2.32. The molecule has 1 aromatic heterocycles. The molecular formula is C13H17N3. The van der Waals surface area contributed by atoms with Gasteiger partial charge in [0.2, 0.25) is 0 Å². The number of nitrogens with zero attached hydrogens (tertiary/aromatic N) is 2. The SMILES string of the molecule is Cc1cc(NCC2CC2C)c(C#N)c(C)n1. The van der Waals surface area contributed by atoms with E-state index in [0.29, 0.717) is 5.56 Å². The predicted molar refractivity (Wildman–Crippen MR) is 64.2 cm³/mol. The molecule has 84 valence electrons. The van der Waals surface area contributed by atoms with Crippen molar-refractivity contribution >= 4 is 5.69 Å². The maximum absolute atomic E-state index is 9.09. The second-order valence-corrected chi connectivity index (χ2v) is 4.74. The Balaban J connectivity index is 2.15. The van der Waals surface area contributed by atoms with Crippen LogP contribution < -0.4 is 5.32 Å². The molecule has 1 saturated carbocycles. The number of nitriles is 1. The van der Waals surface area contributed by atoms with E-state index < -0.39 is 0 Å². The highest BCUT2D eigenvalue weighted by molar-refractivity contribution is 5.59. The summed E-state index contributed by atoms with van der Waals surface area (Å²) < 4.78 is 0. The van der Waals surface area contributed by atoms with Gasteiger partial charge >= 0.3 is 0 Å². The van der Waals surface area contributed by atoms with Crippen LogP contribution in [0.4, 0.5) is 5.69 Å². The van der Waals surface area contributed by atoms with Gasteiger partial charge in [0.05, 0.1) is 16.9 Å². The highest BCUT2D eigenvalue weighted by Crippen LogP contribution is 2.37. The predicted octanol–water partition coefficient (Wildman–Crippen LogP) is 2.64. The number of aryl methyl sites for hydroxylation is 2. The van der Waals surface area contributed by atoms with E-state index in [9.17, 15) is 0 Å². The fourth-order valence-corrected chi connectivity index (χ4v) is 2.03. The summed E-state index contributed by atoms with van der Waals surface area (Å²) in [7, 11) is 0. The molecule has 0 aliphatic heterocycles. The van der Waals surface area contributed by atoms with Crippen LogP contribution in [0.1, 0.15) is 30.3 Å². The minimum absolute atomic E-state index is 0.680. The number of hydrogen-bond donors (Lipinski definition) is 1. The molecule has 0 saturated heterocycles.